The molecule has 0 saturated carbocycles. The van der Waals surface area contributed by atoms with E-state index in [1.807, 2.05) is 13.8 Å². The molecule has 0 aliphatic carbocycles. The van der Waals surface area contributed by atoms with Crippen molar-refractivity contribution in [2.45, 2.75) is 52.4 Å². The molecule has 6 nitrogen and oxygen atoms in total. The molecule has 0 bridgehead atoms. The highest BCUT2D eigenvalue weighted by Crippen LogP contribution is 2.08. The van der Waals surface area contributed by atoms with Crippen LogP contribution in [0, 0.1) is 11.8 Å². The summed E-state index contributed by atoms with van der Waals surface area (Å²) < 4.78 is 10.0. The van der Waals surface area contributed by atoms with Gasteiger partial charge in [0.2, 0.25) is 0 Å². The summed E-state index contributed by atoms with van der Waals surface area (Å²) >= 11 is 0. The van der Waals surface area contributed by atoms with Gasteiger partial charge in [-0.3, -0.25) is 9.59 Å². The summed E-state index contributed by atoms with van der Waals surface area (Å²) in [6.45, 7) is 4.17. The lowest BCUT2D eigenvalue weighted by molar-refractivity contribution is -0.146. The second-order valence-corrected chi connectivity index (χ2v) is 5.86. The van der Waals surface area contributed by atoms with Crippen LogP contribution in [-0.2, 0) is 19.1 Å². The summed E-state index contributed by atoms with van der Waals surface area (Å²) in [6.07, 6.45) is 3.95. The zero-order valence-electron chi connectivity index (χ0n) is 13.8. The summed E-state index contributed by atoms with van der Waals surface area (Å²) in [6, 6.07) is 0. The van der Waals surface area contributed by atoms with E-state index in [9.17, 15) is 9.59 Å². The van der Waals surface area contributed by atoms with E-state index in [0.717, 1.165) is 25.7 Å². The van der Waals surface area contributed by atoms with E-state index in [0.29, 0.717) is 12.8 Å². The Kier molecular flexibility index (Phi) is 12.8. The van der Waals surface area contributed by atoms with E-state index in [-0.39, 0.29) is 50.2 Å². The Labute approximate surface area is 132 Å². The minimum absolute atomic E-state index is 0.0143. The highest BCUT2D eigenvalue weighted by molar-refractivity contribution is 5.69. The van der Waals surface area contributed by atoms with Crippen molar-refractivity contribution in [2.75, 3.05) is 26.4 Å². The minimum Gasteiger partial charge on any atom is -0.465 e. The molecule has 2 unspecified atom stereocenters. The van der Waals surface area contributed by atoms with Crippen LogP contribution in [0.3, 0.4) is 0 Å². The minimum atomic E-state index is -0.238. The first-order valence-electron chi connectivity index (χ1n) is 8.02. The molecule has 0 aromatic heterocycles. The fourth-order valence-corrected chi connectivity index (χ4v) is 1.61. The Morgan fingerprint density at radius 1 is 0.773 bits per heavy atom. The first-order chi connectivity index (χ1) is 10.5. The third-order valence-corrected chi connectivity index (χ3v) is 3.19. The normalized spacial score (nSPS) is 13.5. The number of unbranched alkanes of at least 4 members (excludes halogenated alkanes) is 3. The van der Waals surface area contributed by atoms with Crippen LogP contribution in [0.15, 0.2) is 0 Å². The fourth-order valence-electron chi connectivity index (χ4n) is 1.61. The van der Waals surface area contributed by atoms with Crippen molar-refractivity contribution in [1.82, 2.24) is 0 Å². The lowest BCUT2D eigenvalue weighted by atomic mass is 10.1. The average Bonchev–Trinajstić information content (AvgIpc) is 2.53. The highest BCUT2D eigenvalue weighted by atomic mass is 16.5. The molecule has 0 rings (SSSR count). The van der Waals surface area contributed by atoms with Gasteiger partial charge < -0.3 is 19.7 Å². The maximum absolute atomic E-state index is 11.4. The van der Waals surface area contributed by atoms with Crippen LogP contribution in [0.25, 0.3) is 0 Å². The van der Waals surface area contributed by atoms with Crippen molar-refractivity contribution >= 4 is 11.9 Å². The van der Waals surface area contributed by atoms with Gasteiger partial charge in [-0.25, -0.2) is 0 Å². The fraction of sp³-hybridized carbons (Fsp3) is 0.875. The topological polar surface area (TPSA) is 93.1 Å². The first kappa shape index (κ1) is 20.9. The summed E-state index contributed by atoms with van der Waals surface area (Å²) in [7, 11) is 0. The zero-order chi connectivity index (χ0) is 16.8. The third-order valence-electron chi connectivity index (χ3n) is 3.19. The average molecular weight is 318 g/mol. The summed E-state index contributed by atoms with van der Waals surface area (Å²) in [4.78, 5) is 22.8. The maximum Gasteiger partial charge on any atom is 0.305 e. The monoisotopic (exact) mass is 318 g/mol. The summed E-state index contributed by atoms with van der Waals surface area (Å²) in [5, 5.41) is 17.6. The molecule has 0 aromatic carbocycles. The Hall–Kier alpha value is -1.14. The van der Waals surface area contributed by atoms with Gasteiger partial charge in [-0.2, -0.15) is 0 Å². The van der Waals surface area contributed by atoms with Crippen LogP contribution in [-0.4, -0.2) is 48.6 Å². The molecule has 0 saturated heterocycles. The number of aliphatic hydroxyl groups excluding tert-OH is 2. The van der Waals surface area contributed by atoms with E-state index < -0.39 is 0 Å². The molecule has 0 amide bonds. The van der Waals surface area contributed by atoms with Gasteiger partial charge in [0.1, 0.15) is 0 Å². The number of carbonyl (C=O) groups excluding carboxylic acids is 2. The van der Waals surface area contributed by atoms with Crippen molar-refractivity contribution < 1.29 is 29.3 Å². The van der Waals surface area contributed by atoms with Gasteiger partial charge in [0.25, 0.3) is 0 Å². The molecule has 22 heavy (non-hydrogen) atoms. The van der Waals surface area contributed by atoms with E-state index in [1.54, 1.807) is 0 Å². The quantitative estimate of drug-likeness (QED) is 0.396. The van der Waals surface area contributed by atoms with E-state index in [4.69, 9.17) is 19.7 Å². The number of hydrogen-bond donors (Lipinski definition) is 2. The van der Waals surface area contributed by atoms with Crippen molar-refractivity contribution in [3.8, 4) is 0 Å². The van der Waals surface area contributed by atoms with Gasteiger partial charge in [0.15, 0.2) is 0 Å². The van der Waals surface area contributed by atoms with Crippen molar-refractivity contribution in [1.29, 1.82) is 0 Å². The number of carbonyl (C=O) groups is 2. The molecule has 0 heterocycles. The van der Waals surface area contributed by atoms with E-state index in [1.165, 1.54) is 0 Å². The van der Waals surface area contributed by atoms with Crippen molar-refractivity contribution in [3.63, 3.8) is 0 Å². The Balaban J connectivity index is 3.42. The molecule has 0 spiro atoms. The van der Waals surface area contributed by atoms with Crippen LogP contribution in [0.2, 0.25) is 0 Å². The number of esters is 2. The van der Waals surface area contributed by atoms with Crippen molar-refractivity contribution in [2.24, 2.45) is 11.8 Å². The number of aliphatic hydroxyl groups is 2. The number of rotatable bonds is 13. The van der Waals surface area contributed by atoms with Gasteiger partial charge in [0, 0.05) is 37.9 Å². The second-order valence-electron chi connectivity index (χ2n) is 5.86. The molecule has 0 aromatic rings. The summed E-state index contributed by atoms with van der Waals surface area (Å²) in [5.41, 5.74) is 0. The SMILES string of the molecule is CC(CO)COC(=O)CCCCCCC(=O)OCC(C)CO. The highest BCUT2D eigenvalue weighted by Gasteiger charge is 2.08. The molecule has 2 atom stereocenters. The van der Waals surface area contributed by atoms with Crippen LogP contribution < -0.4 is 0 Å². The first-order valence-corrected chi connectivity index (χ1v) is 8.02. The molecule has 0 radical (unpaired) electrons. The van der Waals surface area contributed by atoms with Crippen molar-refractivity contribution in [3.05, 3.63) is 0 Å². The molecular weight excluding hydrogens is 288 g/mol. The largest absolute Gasteiger partial charge is 0.465 e. The van der Waals surface area contributed by atoms with E-state index in [2.05, 4.69) is 0 Å². The van der Waals surface area contributed by atoms with Gasteiger partial charge in [-0.05, 0) is 12.8 Å². The molecule has 2 N–H and O–H groups in total. The predicted molar refractivity (Wildman–Crippen MR) is 82.1 cm³/mol. The Morgan fingerprint density at radius 2 is 1.14 bits per heavy atom. The van der Waals surface area contributed by atoms with Gasteiger partial charge in [0.05, 0.1) is 13.2 Å². The molecule has 0 aliphatic rings. The Morgan fingerprint density at radius 3 is 1.45 bits per heavy atom. The maximum atomic E-state index is 11.4. The van der Waals surface area contributed by atoms with Gasteiger partial charge in [-0.1, -0.05) is 26.7 Å². The molecule has 130 valence electrons. The van der Waals surface area contributed by atoms with E-state index >= 15 is 0 Å². The van der Waals surface area contributed by atoms with Crippen LogP contribution in [0.5, 0.6) is 0 Å². The zero-order valence-corrected chi connectivity index (χ0v) is 13.8. The standard InChI is InChI=1S/C16H30O6/c1-13(9-17)11-21-15(19)7-5-3-4-6-8-16(20)22-12-14(2)10-18/h13-14,17-18H,3-12H2,1-2H3. The molecule has 0 fully saturated rings. The molecule has 6 heteroatoms. The lowest BCUT2D eigenvalue weighted by Crippen LogP contribution is -2.14. The molecule has 0 aliphatic heterocycles. The van der Waals surface area contributed by atoms with Gasteiger partial charge >= 0.3 is 11.9 Å². The van der Waals surface area contributed by atoms with Crippen LogP contribution in [0.1, 0.15) is 52.4 Å². The summed E-state index contributed by atoms with van der Waals surface area (Å²) in [5.74, 6) is -0.526. The van der Waals surface area contributed by atoms with Crippen LogP contribution in [0.4, 0.5) is 0 Å². The predicted octanol–water partition coefficient (Wildman–Crippen LogP) is 1.67. The Bertz CT molecular complexity index is 275. The number of hydrogen-bond acceptors (Lipinski definition) is 6. The van der Waals surface area contributed by atoms with Gasteiger partial charge in [-0.15, -0.1) is 0 Å². The second kappa shape index (κ2) is 13.5. The third kappa shape index (κ3) is 12.6. The lowest BCUT2D eigenvalue weighted by Gasteiger charge is -2.09. The molecular formula is C16H30O6. The smallest absolute Gasteiger partial charge is 0.305 e. The number of ether oxygens (including phenoxy) is 2. The van der Waals surface area contributed by atoms with Crippen LogP contribution >= 0.6 is 0 Å².